The minimum absolute atomic E-state index is 0.0880. The molecule has 0 aliphatic carbocycles. The van der Waals surface area contributed by atoms with E-state index in [0.29, 0.717) is 6.04 Å². The fourth-order valence-corrected chi connectivity index (χ4v) is 2.76. The number of hydrogen-bond donors (Lipinski definition) is 1. The van der Waals surface area contributed by atoms with Crippen LogP contribution in [0.25, 0.3) is 0 Å². The molecule has 1 unspecified atom stereocenters. The lowest BCUT2D eigenvalue weighted by Crippen LogP contribution is -2.21. The highest BCUT2D eigenvalue weighted by molar-refractivity contribution is 5.25. The van der Waals surface area contributed by atoms with Crippen LogP contribution in [-0.4, -0.2) is 6.54 Å². The van der Waals surface area contributed by atoms with E-state index in [1.807, 2.05) is 13.0 Å². The van der Waals surface area contributed by atoms with Crippen molar-refractivity contribution in [1.29, 1.82) is 0 Å². The van der Waals surface area contributed by atoms with E-state index in [2.05, 4.69) is 25.2 Å². The third kappa shape index (κ3) is 7.08. The molecule has 2 heteroatoms. The van der Waals surface area contributed by atoms with Crippen LogP contribution in [0, 0.1) is 12.7 Å². The maximum absolute atomic E-state index is 13.7. The Morgan fingerprint density at radius 1 is 1.00 bits per heavy atom. The fourth-order valence-electron chi connectivity index (χ4n) is 2.76. The monoisotopic (exact) mass is 293 g/mol. The minimum Gasteiger partial charge on any atom is -0.310 e. The molecule has 0 saturated carbocycles. The van der Waals surface area contributed by atoms with Gasteiger partial charge in [-0.3, -0.25) is 0 Å². The number of hydrogen-bond acceptors (Lipinski definition) is 1. The van der Waals surface area contributed by atoms with Crippen molar-refractivity contribution >= 4 is 0 Å². The Morgan fingerprint density at radius 3 is 2.29 bits per heavy atom. The average molecular weight is 293 g/mol. The van der Waals surface area contributed by atoms with Crippen LogP contribution in [0.4, 0.5) is 4.39 Å². The van der Waals surface area contributed by atoms with Gasteiger partial charge in [0.15, 0.2) is 0 Å². The Hall–Kier alpha value is -0.890. The molecule has 1 aromatic carbocycles. The summed E-state index contributed by atoms with van der Waals surface area (Å²) >= 11 is 0. The summed E-state index contributed by atoms with van der Waals surface area (Å²) in [5.74, 6) is -0.0880. The molecule has 0 heterocycles. The van der Waals surface area contributed by atoms with E-state index in [9.17, 15) is 4.39 Å². The van der Waals surface area contributed by atoms with Crippen LogP contribution in [0.2, 0.25) is 0 Å². The molecule has 1 N–H and O–H groups in total. The summed E-state index contributed by atoms with van der Waals surface area (Å²) in [6.45, 7) is 7.11. The van der Waals surface area contributed by atoms with Gasteiger partial charge >= 0.3 is 0 Å². The lowest BCUT2D eigenvalue weighted by atomic mass is 9.98. The van der Waals surface area contributed by atoms with Gasteiger partial charge in [-0.15, -0.1) is 0 Å². The first-order valence-corrected chi connectivity index (χ1v) is 8.68. The highest BCUT2D eigenvalue weighted by Gasteiger charge is 2.11. The first kappa shape index (κ1) is 18.2. The van der Waals surface area contributed by atoms with Crippen molar-refractivity contribution in [3.05, 3.63) is 35.1 Å². The molecule has 1 atom stereocenters. The van der Waals surface area contributed by atoms with E-state index < -0.39 is 0 Å². The number of aryl methyl sites for hydroxylation is 1. The van der Waals surface area contributed by atoms with Crippen LogP contribution >= 0.6 is 0 Å². The van der Waals surface area contributed by atoms with Gasteiger partial charge in [0, 0.05) is 6.04 Å². The second-order valence-electron chi connectivity index (χ2n) is 6.03. The predicted molar refractivity (Wildman–Crippen MR) is 90.2 cm³/mol. The summed E-state index contributed by atoms with van der Waals surface area (Å²) in [6.07, 6.45) is 10.4. The standard InChI is InChI=1S/C19H32FN/c1-4-6-7-8-9-10-11-12-19(21-5-2)17-14-13-16(3)18(20)15-17/h13-15,19,21H,4-12H2,1-3H3. The van der Waals surface area contributed by atoms with Crippen molar-refractivity contribution in [1.82, 2.24) is 5.32 Å². The van der Waals surface area contributed by atoms with Gasteiger partial charge in [-0.25, -0.2) is 4.39 Å². The highest BCUT2D eigenvalue weighted by Crippen LogP contribution is 2.22. The molecule has 1 nitrogen and oxygen atoms in total. The van der Waals surface area contributed by atoms with Gasteiger partial charge in [-0.1, -0.05) is 70.9 Å². The molecule has 1 rings (SSSR count). The van der Waals surface area contributed by atoms with Gasteiger partial charge in [-0.05, 0) is 37.1 Å². The van der Waals surface area contributed by atoms with Crippen molar-refractivity contribution < 1.29 is 4.39 Å². The fraction of sp³-hybridized carbons (Fsp3) is 0.684. The minimum atomic E-state index is -0.0880. The second kappa shape index (κ2) is 10.8. The van der Waals surface area contributed by atoms with Gasteiger partial charge in [0.1, 0.15) is 5.82 Å². The van der Waals surface area contributed by atoms with Crippen molar-refractivity contribution in [3.63, 3.8) is 0 Å². The quantitative estimate of drug-likeness (QED) is 0.499. The maximum Gasteiger partial charge on any atom is 0.126 e. The lowest BCUT2D eigenvalue weighted by molar-refractivity contribution is 0.473. The van der Waals surface area contributed by atoms with Crippen LogP contribution in [0.5, 0.6) is 0 Å². The number of halogens is 1. The van der Waals surface area contributed by atoms with Gasteiger partial charge < -0.3 is 5.32 Å². The molecular weight excluding hydrogens is 261 g/mol. The molecule has 21 heavy (non-hydrogen) atoms. The zero-order valence-corrected chi connectivity index (χ0v) is 14.1. The lowest BCUT2D eigenvalue weighted by Gasteiger charge is -2.19. The van der Waals surface area contributed by atoms with E-state index in [0.717, 1.165) is 24.1 Å². The summed E-state index contributed by atoms with van der Waals surface area (Å²) in [4.78, 5) is 0. The molecule has 0 aliphatic rings. The molecule has 0 aromatic heterocycles. The van der Waals surface area contributed by atoms with E-state index >= 15 is 0 Å². The molecule has 0 saturated heterocycles. The Balaban J connectivity index is 2.37. The summed E-state index contributed by atoms with van der Waals surface area (Å²) < 4.78 is 13.7. The summed E-state index contributed by atoms with van der Waals surface area (Å²) in [6, 6.07) is 5.94. The average Bonchev–Trinajstić information content (AvgIpc) is 2.48. The van der Waals surface area contributed by atoms with Crippen LogP contribution in [-0.2, 0) is 0 Å². The van der Waals surface area contributed by atoms with E-state index in [-0.39, 0.29) is 5.82 Å². The Kier molecular flexibility index (Phi) is 9.32. The second-order valence-corrected chi connectivity index (χ2v) is 6.03. The van der Waals surface area contributed by atoms with Gasteiger partial charge in [-0.2, -0.15) is 0 Å². The van der Waals surface area contributed by atoms with Crippen LogP contribution in [0.1, 0.15) is 82.4 Å². The molecule has 1 aromatic rings. The zero-order chi connectivity index (χ0) is 15.5. The van der Waals surface area contributed by atoms with E-state index in [1.54, 1.807) is 6.07 Å². The third-order valence-electron chi connectivity index (χ3n) is 4.15. The molecule has 0 radical (unpaired) electrons. The molecule has 0 bridgehead atoms. The van der Waals surface area contributed by atoms with E-state index in [4.69, 9.17) is 0 Å². The summed E-state index contributed by atoms with van der Waals surface area (Å²) in [5.41, 5.74) is 1.82. The van der Waals surface area contributed by atoms with Crippen LogP contribution in [0.15, 0.2) is 18.2 Å². The topological polar surface area (TPSA) is 12.0 Å². The predicted octanol–water partition coefficient (Wildman–Crippen LogP) is 5.93. The molecular formula is C19H32FN. The van der Waals surface area contributed by atoms with Gasteiger partial charge in [0.05, 0.1) is 0 Å². The molecule has 0 fully saturated rings. The largest absolute Gasteiger partial charge is 0.310 e. The molecule has 0 aliphatic heterocycles. The number of unbranched alkanes of at least 4 members (excludes halogenated alkanes) is 6. The third-order valence-corrected chi connectivity index (χ3v) is 4.15. The van der Waals surface area contributed by atoms with Crippen LogP contribution in [0.3, 0.4) is 0 Å². The number of nitrogens with one attached hydrogen (secondary N) is 1. The molecule has 0 spiro atoms. The van der Waals surface area contributed by atoms with Crippen LogP contribution < -0.4 is 5.32 Å². The Morgan fingerprint density at radius 2 is 1.67 bits per heavy atom. The van der Waals surface area contributed by atoms with Gasteiger partial charge in [0.2, 0.25) is 0 Å². The number of rotatable bonds is 11. The van der Waals surface area contributed by atoms with E-state index in [1.165, 1.54) is 44.9 Å². The SMILES string of the molecule is CCCCCCCCCC(NCC)c1ccc(C)c(F)c1. The van der Waals surface area contributed by atoms with Crippen molar-refractivity contribution in [2.45, 2.75) is 78.2 Å². The van der Waals surface area contributed by atoms with Crippen molar-refractivity contribution in [2.75, 3.05) is 6.54 Å². The first-order chi connectivity index (χ1) is 10.2. The van der Waals surface area contributed by atoms with Crippen molar-refractivity contribution in [2.24, 2.45) is 0 Å². The zero-order valence-electron chi connectivity index (χ0n) is 14.1. The molecule has 0 amide bonds. The van der Waals surface area contributed by atoms with Crippen molar-refractivity contribution in [3.8, 4) is 0 Å². The summed E-state index contributed by atoms with van der Waals surface area (Å²) in [7, 11) is 0. The summed E-state index contributed by atoms with van der Waals surface area (Å²) in [5, 5.41) is 3.49. The normalized spacial score (nSPS) is 12.6. The first-order valence-electron chi connectivity index (χ1n) is 8.68. The smallest absolute Gasteiger partial charge is 0.126 e. The maximum atomic E-state index is 13.7. The van der Waals surface area contributed by atoms with Gasteiger partial charge in [0.25, 0.3) is 0 Å². The Bertz CT molecular complexity index is 389. The Labute approximate surface area is 130 Å². The highest BCUT2D eigenvalue weighted by atomic mass is 19.1. The molecule has 120 valence electrons. The number of benzene rings is 1.